The second-order valence-electron chi connectivity index (χ2n) is 8.55. The third-order valence-corrected chi connectivity index (χ3v) is 5.52. The van der Waals surface area contributed by atoms with Crippen LogP contribution in [-0.4, -0.2) is 80.6 Å². The number of carbonyl (C=O) groups excluding carboxylic acids is 2. The maximum Gasteiger partial charge on any atom is 0.426 e. The van der Waals surface area contributed by atoms with Crippen molar-refractivity contribution in [1.29, 1.82) is 0 Å². The number of aliphatic hydroxyl groups is 1. The van der Waals surface area contributed by atoms with E-state index in [2.05, 4.69) is 10.6 Å². The molecule has 1 aliphatic heterocycles. The van der Waals surface area contributed by atoms with E-state index in [0.717, 1.165) is 5.39 Å². The molecule has 2 unspecified atom stereocenters. The van der Waals surface area contributed by atoms with Crippen LogP contribution in [0.2, 0.25) is 0 Å². The standard InChI is InChI=1S/C22H28N4O8/c1-12(2)9-15(24-20(29)18-10-13-5-3-4-6-17(13)34-18)19(28)23-14-7-8-25(21(30)31)26(22(32)33)11-16(14)27/h3-6,10,12,14-16,27H,7-9,11H2,1-2H3,(H,23,28)(H,24,29)(H,30,31)(H,32,33)/t14?,15-,16?/m0/s1. The molecule has 1 aromatic heterocycles. The first-order valence-corrected chi connectivity index (χ1v) is 10.9. The van der Waals surface area contributed by atoms with Gasteiger partial charge in [0.1, 0.15) is 11.6 Å². The number of benzene rings is 1. The summed E-state index contributed by atoms with van der Waals surface area (Å²) in [6, 6.07) is 6.80. The number of carbonyl (C=O) groups is 4. The highest BCUT2D eigenvalue weighted by molar-refractivity contribution is 5.98. The van der Waals surface area contributed by atoms with Gasteiger partial charge in [0.15, 0.2) is 5.76 Å². The quantitative estimate of drug-likeness (QED) is 0.419. The smallest absolute Gasteiger partial charge is 0.426 e. The van der Waals surface area contributed by atoms with Crippen LogP contribution in [-0.2, 0) is 4.79 Å². The molecule has 0 saturated carbocycles. The molecule has 34 heavy (non-hydrogen) atoms. The van der Waals surface area contributed by atoms with Crippen LogP contribution in [0.3, 0.4) is 0 Å². The van der Waals surface area contributed by atoms with Crippen LogP contribution in [0.5, 0.6) is 0 Å². The molecule has 3 rings (SSSR count). The third-order valence-electron chi connectivity index (χ3n) is 5.52. The van der Waals surface area contributed by atoms with E-state index >= 15 is 0 Å². The second-order valence-corrected chi connectivity index (χ2v) is 8.55. The summed E-state index contributed by atoms with van der Waals surface area (Å²) in [7, 11) is 0. The molecule has 1 aliphatic rings. The Morgan fingerprint density at radius 3 is 2.41 bits per heavy atom. The van der Waals surface area contributed by atoms with Crippen LogP contribution in [0.25, 0.3) is 11.0 Å². The molecule has 1 aromatic carbocycles. The van der Waals surface area contributed by atoms with Crippen molar-refractivity contribution in [3.63, 3.8) is 0 Å². The van der Waals surface area contributed by atoms with Gasteiger partial charge in [-0.25, -0.2) is 19.6 Å². The molecule has 3 atom stereocenters. The number of aliphatic hydroxyl groups excluding tert-OH is 1. The monoisotopic (exact) mass is 476 g/mol. The van der Waals surface area contributed by atoms with E-state index in [1.54, 1.807) is 24.3 Å². The third kappa shape index (κ3) is 5.76. The number of para-hydroxylation sites is 1. The minimum atomic E-state index is -1.54. The van der Waals surface area contributed by atoms with Crippen molar-refractivity contribution < 1.29 is 38.9 Å². The Hall–Kier alpha value is -3.80. The van der Waals surface area contributed by atoms with Crippen molar-refractivity contribution in [3.05, 3.63) is 36.1 Å². The topological polar surface area (TPSA) is 173 Å². The average molecular weight is 476 g/mol. The molecule has 0 bridgehead atoms. The Kier molecular flexibility index (Phi) is 7.61. The minimum absolute atomic E-state index is 0.0189. The Morgan fingerprint density at radius 1 is 1.12 bits per heavy atom. The van der Waals surface area contributed by atoms with Gasteiger partial charge in [-0.2, -0.15) is 0 Å². The van der Waals surface area contributed by atoms with Crippen molar-refractivity contribution >= 4 is 35.0 Å². The predicted molar refractivity (Wildman–Crippen MR) is 119 cm³/mol. The Balaban J connectivity index is 1.72. The number of β-amino-alcohol motifs (C(OH)–C–C–N with tert-alkyl or cyclic N) is 1. The van der Waals surface area contributed by atoms with E-state index in [0.29, 0.717) is 22.0 Å². The number of nitrogens with one attached hydrogen (secondary N) is 2. The van der Waals surface area contributed by atoms with Gasteiger partial charge in [-0.3, -0.25) is 9.59 Å². The summed E-state index contributed by atoms with van der Waals surface area (Å²) < 4.78 is 5.56. The number of hydrogen-bond donors (Lipinski definition) is 5. The summed E-state index contributed by atoms with van der Waals surface area (Å²) in [5.74, 6) is -1.07. The summed E-state index contributed by atoms with van der Waals surface area (Å²) in [5, 5.41) is 36.2. The fourth-order valence-electron chi connectivity index (χ4n) is 3.84. The zero-order valence-electron chi connectivity index (χ0n) is 18.8. The molecule has 5 N–H and O–H groups in total. The fourth-order valence-corrected chi connectivity index (χ4v) is 3.84. The Labute approximate surface area is 195 Å². The first kappa shape index (κ1) is 24.8. The lowest BCUT2D eigenvalue weighted by atomic mass is 10.0. The fraction of sp³-hybridized carbons (Fsp3) is 0.455. The second kappa shape index (κ2) is 10.4. The van der Waals surface area contributed by atoms with Crippen molar-refractivity contribution in [2.45, 2.75) is 44.9 Å². The number of nitrogens with zero attached hydrogens (tertiary/aromatic N) is 2. The van der Waals surface area contributed by atoms with Crippen molar-refractivity contribution in [2.24, 2.45) is 5.92 Å². The average Bonchev–Trinajstić information content (AvgIpc) is 3.13. The zero-order chi connectivity index (χ0) is 25.0. The number of rotatable bonds is 6. The van der Waals surface area contributed by atoms with E-state index in [4.69, 9.17) is 4.42 Å². The molecule has 0 radical (unpaired) electrons. The molecule has 1 saturated heterocycles. The van der Waals surface area contributed by atoms with E-state index in [1.165, 1.54) is 0 Å². The molecular weight excluding hydrogens is 448 g/mol. The number of amides is 4. The van der Waals surface area contributed by atoms with Gasteiger partial charge in [-0.15, -0.1) is 0 Å². The molecule has 4 amide bonds. The van der Waals surface area contributed by atoms with Crippen molar-refractivity contribution in [1.82, 2.24) is 20.7 Å². The van der Waals surface area contributed by atoms with Crippen LogP contribution in [0, 0.1) is 5.92 Å². The molecule has 12 heteroatoms. The van der Waals surface area contributed by atoms with Gasteiger partial charge in [0.25, 0.3) is 5.91 Å². The number of hydrazine groups is 1. The molecular formula is C22H28N4O8. The normalized spacial score (nSPS) is 19.5. The van der Waals surface area contributed by atoms with Crippen molar-refractivity contribution in [2.75, 3.05) is 13.1 Å². The lowest BCUT2D eigenvalue weighted by Gasteiger charge is -2.28. The lowest BCUT2D eigenvalue weighted by Crippen LogP contribution is -2.54. The molecule has 0 aliphatic carbocycles. The van der Waals surface area contributed by atoms with E-state index in [1.807, 2.05) is 19.9 Å². The minimum Gasteiger partial charge on any atom is -0.464 e. The summed E-state index contributed by atoms with van der Waals surface area (Å²) >= 11 is 0. The van der Waals surface area contributed by atoms with Crippen molar-refractivity contribution in [3.8, 4) is 0 Å². The van der Waals surface area contributed by atoms with Gasteiger partial charge in [0, 0.05) is 11.9 Å². The van der Waals surface area contributed by atoms with Crippen LogP contribution in [0.15, 0.2) is 34.7 Å². The van der Waals surface area contributed by atoms with Crippen LogP contribution >= 0.6 is 0 Å². The first-order chi connectivity index (χ1) is 16.1. The number of fused-ring (bicyclic) bond motifs is 1. The summed E-state index contributed by atoms with van der Waals surface area (Å²) in [5.41, 5.74) is 0.532. The number of hydrogen-bond acceptors (Lipinski definition) is 6. The molecule has 12 nitrogen and oxygen atoms in total. The van der Waals surface area contributed by atoms with E-state index < -0.39 is 48.7 Å². The SMILES string of the molecule is CC(C)C[C@H](NC(=O)c1cc2ccccc2o1)C(=O)NC1CCN(C(=O)O)N(C(=O)O)CC1O. The summed E-state index contributed by atoms with van der Waals surface area (Å²) in [6.07, 6.45) is -4.10. The van der Waals surface area contributed by atoms with E-state index in [-0.39, 0.29) is 24.6 Å². The van der Waals surface area contributed by atoms with Crippen LogP contribution in [0.4, 0.5) is 9.59 Å². The molecule has 2 aromatic rings. The highest BCUT2D eigenvalue weighted by Gasteiger charge is 2.37. The van der Waals surface area contributed by atoms with Gasteiger partial charge in [0.05, 0.1) is 18.7 Å². The maximum atomic E-state index is 13.0. The van der Waals surface area contributed by atoms with Gasteiger partial charge >= 0.3 is 12.2 Å². The Morgan fingerprint density at radius 2 is 1.79 bits per heavy atom. The highest BCUT2D eigenvalue weighted by atomic mass is 16.4. The largest absolute Gasteiger partial charge is 0.464 e. The number of furan rings is 1. The van der Waals surface area contributed by atoms with Gasteiger partial charge in [0.2, 0.25) is 5.91 Å². The van der Waals surface area contributed by atoms with Gasteiger partial charge < -0.3 is 30.4 Å². The lowest BCUT2D eigenvalue weighted by molar-refractivity contribution is -0.125. The summed E-state index contributed by atoms with van der Waals surface area (Å²) in [4.78, 5) is 48.6. The first-order valence-electron chi connectivity index (χ1n) is 10.9. The highest BCUT2D eigenvalue weighted by Crippen LogP contribution is 2.19. The van der Waals surface area contributed by atoms with Crippen LogP contribution < -0.4 is 10.6 Å². The number of carboxylic acid groups (broad SMARTS) is 2. The van der Waals surface area contributed by atoms with Gasteiger partial charge in [-0.05, 0) is 30.9 Å². The molecule has 1 fully saturated rings. The zero-order valence-corrected chi connectivity index (χ0v) is 18.8. The summed E-state index contributed by atoms with van der Waals surface area (Å²) in [6.45, 7) is 2.98. The van der Waals surface area contributed by atoms with Crippen LogP contribution in [0.1, 0.15) is 37.2 Å². The van der Waals surface area contributed by atoms with E-state index in [9.17, 15) is 34.5 Å². The molecule has 2 heterocycles. The molecule has 0 spiro atoms. The predicted octanol–water partition coefficient (Wildman–Crippen LogP) is 1.70. The maximum absolute atomic E-state index is 13.0. The molecule has 184 valence electrons. The van der Waals surface area contributed by atoms with Gasteiger partial charge in [-0.1, -0.05) is 32.0 Å². The Bertz CT molecular complexity index is 1040.